The zero-order chi connectivity index (χ0) is 23.6. The number of nitrogens with zero attached hydrogens (tertiary/aromatic N) is 1. The second kappa shape index (κ2) is 9.31. The zero-order valence-electron chi connectivity index (χ0n) is 18.5. The minimum atomic E-state index is -5.14. The summed E-state index contributed by atoms with van der Waals surface area (Å²) in [5, 5.41) is 2.03. The van der Waals surface area contributed by atoms with Crippen LogP contribution in [-0.4, -0.2) is 34.2 Å². The maximum atomic E-state index is 14.6. The Hall–Kier alpha value is -2.64. The van der Waals surface area contributed by atoms with E-state index >= 15 is 0 Å². The van der Waals surface area contributed by atoms with Gasteiger partial charge >= 0.3 is 6.18 Å². The first-order chi connectivity index (χ1) is 15.7. The molecule has 0 saturated heterocycles. The first kappa shape index (κ1) is 23.5. The van der Waals surface area contributed by atoms with Gasteiger partial charge < -0.3 is 10.2 Å². The monoisotopic (exact) mass is 462 g/mol. The SMILES string of the molecule is O=C(CCC1CCCCC1)N[C@@]1(C(F)(F)F)C(=O)N(Cc2ccccc2)C2=C1C(=O)CCC2. The molecule has 1 saturated carbocycles. The van der Waals surface area contributed by atoms with Crippen molar-refractivity contribution in [3.8, 4) is 0 Å². The number of carbonyl (C=O) groups is 3. The van der Waals surface area contributed by atoms with Gasteiger partial charge in [0, 0.05) is 18.5 Å². The molecule has 1 atom stereocenters. The summed E-state index contributed by atoms with van der Waals surface area (Å²) in [7, 11) is 0. The Morgan fingerprint density at radius 2 is 1.73 bits per heavy atom. The maximum absolute atomic E-state index is 14.6. The average molecular weight is 463 g/mol. The molecule has 4 rings (SSSR count). The van der Waals surface area contributed by atoms with Crippen LogP contribution < -0.4 is 5.32 Å². The highest BCUT2D eigenvalue weighted by atomic mass is 19.4. The number of ketones is 1. The van der Waals surface area contributed by atoms with Crippen LogP contribution in [0.3, 0.4) is 0 Å². The molecule has 0 bridgehead atoms. The fourth-order valence-corrected chi connectivity index (χ4v) is 5.42. The summed E-state index contributed by atoms with van der Waals surface area (Å²) in [5.74, 6) is -2.53. The highest BCUT2D eigenvalue weighted by molar-refractivity contribution is 6.13. The molecule has 0 aromatic heterocycles. The van der Waals surface area contributed by atoms with E-state index < -0.39 is 34.9 Å². The number of amides is 2. The number of hydrogen-bond acceptors (Lipinski definition) is 3. The van der Waals surface area contributed by atoms with E-state index in [1.807, 2.05) is 5.32 Å². The minimum Gasteiger partial charge on any atom is -0.330 e. The van der Waals surface area contributed by atoms with E-state index in [9.17, 15) is 27.6 Å². The van der Waals surface area contributed by atoms with Crippen LogP contribution in [0.25, 0.3) is 0 Å². The van der Waals surface area contributed by atoms with Gasteiger partial charge in [-0.2, -0.15) is 13.2 Å². The van der Waals surface area contributed by atoms with Gasteiger partial charge in [0.25, 0.3) is 5.91 Å². The van der Waals surface area contributed by atoms with Crippen LogP contribution in [0.15, 0.2) is 41.6 Å². The van der Waals surface area contributed by atoms with Crippen molar-refractivity contribution in [1.29, 1.82) is 0 Å². The molecule has 2 aliphatic carbocycles. The number of nitrogens with one attached hydrogen (secondary N) is 1. The van der Waals surface area contributed by atoms with Crippen LogP contribution in [0.2, 0.25) is 0 Å². The fraction of sp³-hybridized carbons (Fsp3) is 0.560. The molecule has 1 aliphatic heterocycles. The molecule has 1 aromatic carbocycles. The molecule has 1 fully saturated rings. The Bertz CT molecular complexity index is 951. The lowest BCUT2D eigenvalue weighted by atomic mass is 9.81. The highest BCUT2D eigenvalue weighted by Crippen LogP contribution is 2.48. The van der Waals surface area contributed by atoms with Crippen LogP contribution >= 0.6 is 0 Å². The van der Waals surface area contributed by atoms with Gasteiger partial charge in [0.05, 0.1) is 12.1 Å². The topological polar surface area (TPSA) is 66.5 Å². The van der Waals surface area contributed by atoms with Crippen molar-refractivity contribution in [3.05, 3.63) is 47.2 Å². The summed E-state index contributed by atoms with van der Waals surface area (Å²) in [6.45, 7) is -0.0818. The van der Waals surface area contributed by atoms with E-state index in [1.165, 1.54) is 0 Å². The second-order valence-corrected chi connectivity index (χ2v) is 9.31. The summed E-state index contributed by atoms with van der Waals surface area (Å²) in [5.41, 5.74) is -3.16. The highest BCUT2D eigenvalue weighted by Gasteiger charge is 2.70. The van der Waals surface area contributed by atoms with Crippen LogP contribution in [0, 0.1) is 5.92 Å². The van der Waals surface area contributed by atoms with Crippen LogP contribution in [0.4, 0.5) is 13.2 Å². The van der Waals surface area contributed by atoms with Gasteiger partial charge in [-0.15, -0.1) is 0 Å². The van der Waals surface area contributed by atoms with E-state index in [4.69, 9.17) is 0 Å². The Labute approximate surface area is 191 Å². The number of halogens is 3. The normalized spacial score (nSPS) is 24.3. The number of hydrogen-bond donors (Lipinski definition) is 1. The van der Waals surface area contributed by atoms with Crippen molar-refractivity contribution in [2.45, 2.75) is 82.5 Å². The van der Waals surface area contributed by atoms with Gasteiger partial charge in [-0.25, -0.2) is 0 Å². The molecule has 178 valence electrons. The largest absolute Gasteiger partial charge is 0.425 e. The van der Waals surface area contributed by atoms with E-state index in [-0.39, 0.29) is 31.5 Å². The molecule has 0 unspecified atom stereocenters. The van der Waals surface area contributed by atoms with Gasteiger partial charge in [0.2, 0.25) is 11.4 Å². The van der Waals surface area contributed by atoms with E-state index in [0.717, 1.165) is 37.0 Å². The van der Waals surface area contributed by atoms with Gasteiger partial charge in [-0.3, -0.25) is 14.4 Å². The van der Waals surface area contributed by atoms with E-state index in [2.05, 4.69) is 0 Å². The van der Waals surface area contributed by atoms with Crippen LogP contribution in [0.1, 0.15) is 69.8 Å². The van der Waals surface area contributed by atoms with Crippen molar-refractivity contribution in [1.82, 2.24) is 10.2 Å². The molecule has 1 aromatic rings. The molecule has 0 radical (unpaired) electrons. The summed E-state index contributed by atoms with van der Waals surface area (Å²) in [6.07, 6.45) is 0.967. The predicted molar refractivity (Wildman–Crippen MR) is 116 cm³/mol. The average Bonchev–Trinajstić information content (AvgIpc) is 3.03. The Morgan fingerprint density at radius 1 is 1.03 bits per heavy atom. The van der Waals surface area contributed by atoms with Crippen molar-refractivity contribution in [2.24, 2.45) is 5.92 Å². The minimum absolute atomic E-state index is 0.0684. The van der Waals surface area contributed by atoms with Gasteiger partial charge in [-0.05, 0) is 30.7 Å². The summed E-state index contributed by atoms with van der Waals surface area (Å²) in [4.78, 5) is 40.0. The third-order valence-electron chi connectivity index (χ3n) is 7.09. The van der Waals surface area contributed by atoms with Gasteiger partial charge in [0.15, 0.2) is 5.78 Å². The summed E-state index contributed by atoms with van der Waals surface area (Å²) >= 11 is 0. The Morgan fingerprint density at radius 3 is 2.39 bits per heavy atom. The van der Waals surface area contributed by atoms with Gasteiger partial charge in [0.1, 0.15) is 0 Å². The Balaban J connectivity index is 1.65. The number of rotatable bonds is 6. The summed E-state index contributed by atoms with van der Waals surface area (Å²) < 4.78 is 43.9. The maximum Gasteiger partial charge on any atom is 0.425 e. The molecule has 0 spiro atoms. The quantitative estimate of drug-likeness (QED) is 0.660. The first-order valence-corrected chi connectivity index (χ1v) is 11.7. The van der Waals surface area contributed by atoms with Crippen LogP contribution in [0.5, 0.6) is 0 Å². The third-order valence-corrected chi connectivity index (χ3v) is 7.09. The number of allylic oxidation sites excluding steroid dienone is 1. The number of alkyl halides is 3. The molecule has 1 N–H and O–H groups in total. The number of benzene rings is 1. The smallest absolute Gasteiger partial charge is 0.330 e. The lowest BCUT2D eigenvalue weighted by Crippen LogP contribution is -2.66. The zero-order valence-corrected chi connectivity index (χ0v) is 18.5. The lowest BCUT2D eigenvalue weighted by Gasteiger charge is -2.34. The fourth-order valence-electron chi connectivity index (χ4n) is 5.42. The lowest BCUT2D eigenvalue weighted by molar-refractivity contribution is -0.194. The number of Topliss-reactive ketones (excluding diaryl/α,β-unsaturated/α-hetero) is 1. The third kappa shape index (κ3) is 4.44. The molecular formula is C25H29F3N2O3. The van der Waals surface area contributed by atoms with Crippen molar-refractivity contribution >= 4 is 17.6 Å². The van der Waals surface area contributed by atoms with Crippen molar-refractivity contribution in [3.63, 3.8) is 0 Å². The first-order valence-electron chi connectivity index (χ1n) is 11.7. The molecule has 33 heavy (non-hydrogen) atoms. The molecule has 3 aliphatic rings. The van der Waals surface area contributed by atoms with Gasteiger partial charge in [-0.1, -0.05) is 62.4 Å². The van der Waals surface area contributed by atoms with Crippen molar-refractivity contribution in [2.75, 3.05) is 0 Å². The second-order valence-electron chi connectivity index (χ2n) is 9.31. The van der Waals surface area contributed by atoms with Crippen molar-refractivity contribution < 1.29 is 27.6 Å². The molecule has 8 heteroatoms. The molecular weight excluding hydrogens is 433 g/mol. The predicted octanol–water partition coefficient (Wildman–Crippen LogP) is 4.81. The van der Waals surface area contributed by atoms with E-state index in [1.54, 1.807) is 30.3 Å². The van der Waals surface area contributed by atoms with Crippen LogP contribution in [-0.2, 0) is 20.9 Å². The standard InChI is InChI=1S/C25H29F3N2O3/c26-25(27,28)24(29-21(32)15-14-17-8-3-1-4-9-17)22-19(12-7-13-20(22)31)30(23(24)33)16-18-10-5-2-6-11-18/h2,5-6,10-11,17H,1,3-4,7-9,12-16H2,(H,29,32)/t24-/m1/s1. The number of carbonyl (C=O) groups excluding carboxylic acids is 3. The molecule has 1 heterocycles. The summed E-state index contributed by atoms with van der Waals surface area (Å²) in [6, 6.07) is 8.68. The molecule has 2 amide bonds. The molecule has 5 nitrogen and oxygen atoms in total. The van der Waals surface area contributed by atoms with E-state index in [0.29, 0.717) is 24.3 Å². The Kier molecular flexibility index (Phi) is 6.64.